The smallest absolute Gasteiger partial charge is 0.321 e. The van der Waals surface area contributed by atoms with E-state index in [1.165, 1.54) is 13.1 Å². The van der Waals surface area contributed by atoms with Crippen LogP contribution in [0.25, 0.3) is 11.1 Å². The summed E-state index contributed by atoms with van der Waals surface area (Å²) in [4.78, 5) is 28.4. The highest BCUT2D eigenvalue weighted by atomic mass is 35.5. The summed E-state index contributed by atoms with van der Waals surface area (Å²) in [5.41, 5.74) is 1.85. The van der Waals surface area contributed by atoms with Crippen LogP contribution in [0.4, 0.5) is 10.2 Å². The Bertz CT molecular complexity index is 1240. The molecule has 0 saturated heterocycles. The van der Waals surface area contributed by atoms with E-state index in [1.807, 2.05) is 0 Å². The lowest BCUT2D eigenvalue weighted by atomic mass is 10.1. The minimum Gasteiger partial charge on any atom is -0.424 e. The molecule has 0 saturated carbocycles. The van der Waals surface area contributed by atoms with Crippen molar-refractivity contribution in [2.24, 2.45) is 0 Å². The van der Waals surface area contributed by atoms with Gasteiger partial charge in [-0.3, -0.25) is 9.78 Å². The van der Waals surface area contributed by atoms with E-state index in [-0.39, 0.29) is 17.1 Å². The van der Waals surface area contributed by atoms with Crippen LogP contribution in [0.3, 0.4) is 0 Å². The molecule has 4 rings (SSSR count). The second-order valence-electron chi connectivity index (χ2n) is 6.46. The Hall–Kier alpha value is -3.91. The number of aromatic nitrogens is 4. The zero-order valence-electron chi connectivity index (χ0n) is 16.2. The number of halogens is 2. The standard InChI is InChI=1S/C22H15ClFN5O2/c1-13-17(11-25-12-19(13)24)21(30)29-20-6-3-14(10-28-20)16-5-4-15(9-18(16)23)31-22-26-7-2-8-27-22/h2-12H,1H3,(H,28,29,30). The van der Waals surface area contributed by atoms with Crippen LogP contribution in [0.2, 0.25) is 5.02 Å². The number of nitrogens with zero attached hydrogens (tertiary/aromatic N) is 4. The lowest BCUT2D eigenvalue weighted by molar-refractivity contribution is 0.102. The highest BCUT2D eigenvalue weighted by molar-refractivity contribution is 6.33. The van der Waals surface area contributed by atoms with E-state index in [0.29, 0.717) is 16.6 Å². The Labute approximate surface area is 182 Å². The molecule has 0 unspecified atom stereocenters. The molecule has 0 aliphatic rings. The fraction of sp³-hybridized carbons (Fsp3) is 0.0455. The summed E-state index contributed by atoms with van der Waals surface area (Å²) >= 11 is 6.41. The Kier molecular flexibility index (Phi) is 5.81. The van der Waals surface area contributed by atoms with Crippen molar-refractivity contribution in [1.82, 2.24) is 19.9 Å². The monoisotopic (exact) mass is 435 g/mol. The maximum Gasteiger partial charge on any atom is 0.321 e. The largest absolute Gasteiger partial charge is 0.424 e. The van der Waals surface area contributed by atoms with Gasteiger partial charge in [0.15, 0.2) is 0 Å². The number of amides is 1. The number of rotatable bonds is 5. The molecule has 1 amide bonds. The molecule has 1 aromatic carbocycles. The van der Waals surface area contributed by atoms with E-state index < -0.39 is 11.7 Å². The van der Waals surface area contributed by atoms with Crippen molar-refractivity contribution in [1.29, 1.82) is 0 Å². The molecule has 0 atom stereocenters. The van der Waals surface area contributed by atoms with Crippen LogP contribution < -0.4 is 10.1 Å². The molecule has 31 heavy (non-hydrogen) atoms. The van der Waals surface area contributed by atoms with Gasteiger partial charge in [-0.25, -0.2) is 19.3 Å². The zero-order valence-corrected chi connectivity index (χ0v) is 17.0. The first-order valence-electron chi connectivity index (χ1n) is 9.13. The van der Waals surface area contributed by atoms with Crippen LogP contribution >= 0.6 is 11.6 Å². The number of hydrogen-bond donors (Lipinski definition) is 1. The van der Waals surface area contributed by atoms with Crippen molar-refractivity contribution in [2.45, 2.75) is 6.92 Å². The van der Waals surface area contributed by atoms with Crippen molar-refractivity contribution < 1.29 is 13.9 Å². The van der Waals surface area contributed by atoms with Crippen LogP contribution in [-0.2, 0) is 0 Å². The summed E-state index contributed by atoms with van der Waals surface area (Å²) in [6, 6.07) is 10.5. The molecule has 0 radical (unpaired) electrons. The number of ether oxygens (including phenoxy) is 1. The Morgan fingerprint density at radius 2 is 1.87 bits per heavy atom. The lowest BCUT2D eigenvalue weighted by Gasteiger charge is -2.10. The van der Waals surface area contributed by atoms with E-state index >= 15 is 0 Å². The fourth-order valence-electron chi connectivity index (χ4n) is 2.78. The van der Waals surface area contributed by atoms with Gasteiger partial charge in [-0.05, 0) is 37.3 Å². The van der Waals surface area contributed by atoms with Crippen LogP contribution in [0.5, 0.6) is 11.8 Å². The first-order valence-corrected chi connectivity index (χ1v) is 9.51. The molecule has 0 aliphatic heterocycles. The summed E-state index contributed by atoms with van der Waals surface area (Å²) in [5.74, 6) is -0.227. The van der Waals surface area contributed by atoms with Gasteiger partial charge < -0.3 is 10.1 Å². The maximum absolute atomic E-state index is 13.6. The van der Waals surface area contributed by atoms with Crippen molar-refractivity contribution in [3.63, 3.8) is 0 Å². The zero-order chi connectivity index (χ0) is 21.8. The minimum atomic E-state index is -0.545. The third-order valence-electron chi connectivity index (χ3n) is 4.41. The average Bonchev–Trinajstić information content (AvgIpc) is 2.77. The molecule has 1 N–H and O–H groups in total. The summed E-state index contributed by atoms with van der Waals surface area (Å²) < 4.78 is 19.2. The van der Waals surface area contributed by atoms with E-state index in [2.05, 4.69) is 25.3 Å². The van der Waals surface area contributed by atoms with Gasteiger partial charge in [0.25, 0.3) is 5.91 Å². The number of benzene rings is 1. The Morgan fingerprint density at radius 1 is 1.06 bits per heavy atom. The van der Waals surface area contributed by atoms with E-state index in [1.54, 1.807) is 55.0 Å². The molecule has 3 aromatic heterocycles. The number of carbonyl (C=O) groups is 1. The van der Waals surface area contributed by atoms with Crippen molar-refractivity contribution in [3.05, 3.63) is 89.3 Å². The summed E-state index contributed by atoms with van der Waals surface area (Å²) in [6.07, 6.45) is 7.11. The molecule has 0 spiro atoms. The molecular formula is C22H15ClFN5O2. The summed E-state index contributed by atoms with van der Waals surface area (Å²) in [6.45, 7) is 1.52. The van der Waals surface area contributed by atoms with Gasteiger partial charge in [-0.1, -0.05) is 11.6 Å². The highest BCUT2D eigenvalue weighted by Crippen LogP contribution is 2.32. The van der Waals surface area contributed by atoms with Crippen molar-refractivity contribution in [2.75, 3.05) is 5.32 Å². The second-order valence-corrected chi connectivity index (χ2v) is 6.86. The number of pyridine rings is 2. The van der Waals surface area contributed by atoms with E-state index in [9.17, 15) is 9.18 Å². The number of hydrogen-bond acceptors (Lipinski definition) is 6. The molecule has 4 aromatic rings. The summed E-state index contributed by atoms with van der Waals surface area (Å²) in [7, 11) is 0. The molecule has 0 fully saturated rings. The van der Waals surface area contributed by atoms with Gasteiger partial charge in [0, 0.05) is 47.5 Å². The predicted molar refractivity (Wildman–Crippen MR) is 114 cm³/mol. The van der Waals surface area contributed by atoms with Crippen molar-refractivity contribution >= 4 is 23.3 Å². The van der Waals surface area contributed by atoms with Crippen LogP contribution in [0.15, 0.2) is 67.4 Å². The molecule has 0 bridgehead atoms. The number of carbonyl (C=O) groups excluding carboxylic acids is 1. The molecule has 154 valence electrons. The molecule has 3 heterocycles. The fourth-order valence-corrected chi connectivity index (χ4v) is 3.06. The first kappa shape index (κ1) is 20.4. The molecule has 0 aliphatic carbocycles. The Morgan fingerprint density at radius 3 is 2.58 bits per heavy atom. The predicted octanol–water partition coefficient (Wildman–Crippen LogP) is 5.08. The average molecular weight is 436 g/mol. The lowest BCUT2D eigenvalue weighted by Crippen LogP contribution is -2.15. The van der Waals surface area contributed by atoms with Gasteiger partial charge in [0.05, 0.1) is 16.8 Å². The van der Waals surface area contributed by atoms with E-state index in [4.69, 9.17) is 16.3 Å². The van der Waals surface area contributed by atoms with Gasteiger partial charge in [-0.15, -0.1) is 0 Å². The second kappa shape index (κ2) is 8.85. The van der Waals surface area contributed by atoms with Crippen LogP contribution in [0, 0.1) is 12.7 Å². The minimum absolute atomic E-state index is 0.145. The number of anilines is 1. The van der Waals surface area contributed by atoms with Gasteiger partial charge in [0.2, 0.25) is 0 Å². The van der Waals surface area contributed by atoms with E-state index in [0.717, 1.165) is 17.3 Å². The third kappa shape index (κ3) is 4.65. The third-order valence-corrected chi connectivity index (χ3v) is 4.72. The quantitative estimate of drug-likeness (QED) is 0.470. The molecular weight excluding hydrogens is 421 g/mol. The first-order chi connectivity index (χ1) is 15.0. The topological polar surface area (TPSA) is 89.9 Å². The van der Waals surface area contributed by atoms with Crippen LogP contribution in [-0.4, -0.2) is 25.8 Å². The van der Waals surface area contributed by atoms with Gasteiger partial charge in [0.1, 0.15) is 17.4 Å². The number of nitrogens with one attached hydrogen (secondary N) is 1. The maximum atomic E-state index is 13.6. The normalized spacial score (nSPS) is 10.5. The molecule has 7 nitrogen and oxygen atoms in total. The highest BCUT2D eigenvalue weighted by Gasteiger charge is 2.14. The van der Waals surface area contributed by atoms with Crippen LogP contribution in [0.1, 0.15) is 15.9 Å². The molecule has 9 heteroatoms. The van der Waals surface area contributed by atoms with Gasteiger partial charge >= 0.3 is 6.01 Å². The van der Waals surface area contributed by atoms with Crippen molar-refractivity contribution in [3.8, 4) is 22.9 Å². The Balaban J connectivity index is 1.49. The van der Waals surface area contributed by atoms with Gasteiger partial charge in [-0.2, -0.15) is 0 Å². The SMILES string of the molecule is Cc1c(F)cncc1C(=O)Nc1ccc(-c2ccc(Oc3ncccn3)cc2Cl)cn1. The summed E-state index contributed by atoms with van der Waals surface area (Å²) in [5, 5.41) is 3.08.